The van der Waals surface area contributed by atoms with Crippen LogP contribution in [0.1, 0.15) is 29.3 Å². The number of esters is 1. The maximum atomic E-state index is 12.3. The molecule has 2 rings (SSSR count). The Hall–Kier alpha value is -3.15. The number of nitrogens with zero attached hydrogens (tertiary/aromatic N) is 1. The summed E-state index contributed by atoms with van der Waals surface area (Å²) in [7, 11) is 1.27. The summed E-state index contributed by atoms with van der Waals surface area (Å²) >= 11 is 0. The van der Waals surface area contributed by atoms with E-state index in [4.69, 9.17) is 4.74 Å². The van der Waals surface area contributed by atoms with Crippen LogP contribution in [0.2, 0.25) is 0 Å². The summed E-state index contributed by atoms with van der Waals surface area (Å²) in [6.07, 6.45) is 1.66. The third kappa shape index (κ3) is 5.95. The third-order valence-electron chi connectivity index (χ3n) is 4.09. The molecule has 1 N–H and O–H groups in total. The van der Waals surface area contributed by atoms with E-state index in [1.807, 2.05) is 30.3 Å². The summed E-state index contributed by atoms with van der Waals surface area (Å²) in [6.45, 7) is 1.71. The van der Waals surface area contributed by atoms with Gasteiger partial charge in [0.15, 0.2) is 0 Å². The van der Waals surface area contributed by atoms with Gasteiger partial charge in [-0.1, -0.05) is 42.5 Å². The number of aryl methyl sites for hydroxylation is 1. The second-order valence-electron chi connectivity index (χ2n) is 6.05. The molecule has 0 radical (unpaired) electrons. The minimum absolute atomic E-state index is 0.158. The van der Waals surface area contributed by atoms with E-state index >= 15 is 0 Å². The number of hydrogen-bond acceptors (Lipinski definition) is 4. The molecule has 142 valence electrons. The summed E-state index contributed by atoms with van der Waals surface area (Å²) in [6, 6.07) is 16.6. The van der Waals surface area contributed by atoms with Crippen molar-refractivity contribution in [1.29, 1.82) is 0 Å². The monoisotopic (exact) mass is 368 g/mol. The van der Waals surface area contributed by atoms with Gasteiger partial charge in [0.2, 0.25) is 11.8 Å². The first-order valence-corrected chi connectivity index (χ1v) is 8.79. The summed E-state index contributed by atoms with van der Waals surface area (Å²) in [5, 5.41) is 2.82. The Bertz CT molecular complexity index is 790. The molecule has 0 aliphatic rings. The van der Waals surface area contributed by atoms with Gasteiger partial charge in [0, 0.05) is 13.5 Å². The van der Waals surface area contributed by atoms with Crippen LogP contribution in [0.25, 0.3) is 0 Å². The van der Waals surface area contributed by atoms with E-state index in [1.165, 1.54) is 24.5 Å². The van der Waals surface area contributed by atoms with Crippen LogP contribution < -0.4 is 10.2 Å². The molecule has 0 spiro atoms. The van der Waals surface area contributed by atoms with Crippen LogP contribution in [0.4, 0.5) is 5.69 Å². The number of ether oxygens (including phenoxy) is 1. The highest BCUT2D eigenvalue weighted by molar-refractivity contribution is 6.04. The Kier molecular flexibility index (Phi) is 7.55. The number of para-hydroxylation sites is 1. The van der Waals surface area contributed by atoms with Gasteiger partial charge < -0.3 is 15.0 Å². The molecule has 2 aromatic carbocycles. The molecule has 2 aromatic rings. The first-order valence-electron chi connectivity index (χ1n) is 8.79. The molecule has 0 unspecified atom stereocenters. The van der Waals surface area contributed by atoms with Gasteiger partial charge in [0.05, 0.1) is 18.4 Å². The Balaban J connectivity index is 1.95. The number of anilines is 1. The van der Waals surface area contributed by atoms with Crippen LogP contribution in [0.5, 0.6) is 0 Å². The van der Waals surface area contributed by atoms with Crippen molar-refractivity contribution in [2.24, 2.45) is 0 Å². The zero-order valence-corrected chi connectivity index (χ0v) is 15.6. The van der Waals surface area contributed by atoms with Gasteiger partial charge in [-0.25, -0.2) is 4.79 Å². The summed E-state index contributed by atoms with van der Waals surface area (Å²) in [5.74, 6) is -1.16. The average molecular weight is 368 g/mol. The van der Waals surface area contributed by atoms with Crippen molar-refractivity contribution in [1.82, 2.24) is 5.32 Å². The Labute approximate surface area is 159 Å². The highest BCUT2D eigenvalue weighted by atomic mass is 16.5. The van der Waals surface area contributed by atoms with Crippen LogP contribution >= 0.6 is 0 Å². The normalized spacial score (nSPS) is 10.1. The lowest BCUT2D eigenvalue weighted by Gasteiger charge is -2.22. The summed E-state index contributed by atoms with van der Waals surface area (Å²) in [5.41, 5.74) is 1.81. The Morgan fingerprint density at radius 1 is 1.00 bits per heavy atom. The molecule has 0 aromatic heterocycles. The van der Waals surface area contributed by atoms with Gasteiger partial charge >= 0.3 is 5.97 Å². The maximum absolute atomic E-state index is 12.3. The predicted molar refractivity (Wildman–Crippen MR) is 104 cm³/mol. The molecule has 27 heavy (non-hydrogen) atoms. The Morgan fingerprint density at radius 2 is 1.67 bits per heavy atom. The number of nitrogens with one attached hydrogen (secondary N) is 1. The smallest absolute Gasteiger partial charge is 0.339 e. The standard InChI is InChI=1S/C21H24N2O4/c1-16(24)23(19-13-7-6-12-18(19)21(26)27-2)15-20(25)22-14-8-11-17-9-4-3-5-10-17/h3-7,9-10,12-13H,8,11,14-15H2,1-2H3,(H,22,25). The molecule has 0 aliphatic carbocycles. The largest absolute Gasteiger partial charge is 0.465 e. The molecule has 6 nitrogen and oxygen atoms in total. The van der Waals surface area contributed by atoms with E-state index in [2.05, 4.69) is 5.32 Å². The number of carbonyl (C=O) groups excluding carboxylic acids is 3. The van der Waals surface area contributed by atoms with Gasteiger partial charge in [-0.2, -0.15) is 0 Å². The molecular formula is C21H24N2O4. The lowest BCUT2D eigenvalue weighted by Crippen LogP contribution is -2.40. The highest BCUT2D eigenvalue weighted by Gasteiger charge is 2.21. The Morgan fingerprint density at radius 3 is 2.33 bits per heavy atom. The zero-order chi connectivity index (χ0) is 19.6. The number of carbonyl (C=O) groups is 3. The number of hydrogen-bond donors (Lipinski definition) is 1. The van der Waals surface area contributed by atoms with E-state index in [0.29, 0.717) is 12.2 Å². The van der Waals surface area contributed by atoms with E-state index in [0.717, 1.165) is 12.8 Å². The maximum Gasteiger partial charge on any atom is 0.339 e. The first kappa shape index (κ1) is 20.2. The van der Waals surface area contributed by atoms with Gasteiger partial charge in [-0.15, -0.1) is 0 Å². The number of rotatable bonds is 8. The quantitative estimate of drug-likeness (QED) is 0.574. The number of methoxy groups -OCH3 is 1. The highest BCUT2D eigenvalue weighted by Crippen LogP contribution is 2.21. The average Bonchev–Trinajstić information content (AvgIpc) is 2.69. The van der Waals surface area contributed by atoms with E-state index < -0.39 is 5.97 Å². The number of benzene rings is 2. The molecule has 6 heteroatoms. The summed E-state index contributed by atoms with van der Waals surface area (Å²) in [4.78, 5) is 37.5. The van der Waals surface area contributed by atoms with Crippen LogP contribution in [0.3, 0.4) is 0 Å². The minimum atomic E-state index is -0.555. The molecule has 0 saturated heterocycles. The van der Waals surface area contributed by atoms with Crippen molar-refractivity contribution in [3.8, 4) is 0 Å². The first-order chi connectivity index (χ1) is 13.0. The fourth-order valence-corrected chi connectivity index (χ4v) is 2.72. The van der Waals surface area contributed by atoms with Gasteiger partial charge in [-0.05, 0) is 30.5 Å². The van der Waals surface area contributed by atoms with Crippen molar-refractivity contribution in [3.05, 3.63) is 65.7 Å². The van der Waals surface area contributed by atoms with Gasteiger partial charge in [0.1, 0.15) is 6.54 Å². The van der Waals surface area contributed by atoms with Crippen LogP contribution in [0.15, 0.2) is 54.6 Å². The molecule has 0 bridgehead atoms. The van der Waals surface area contributed by atoms with Crippen LogP contribution in [-0.2, 0) is 20.7 Å². The molecule has 2 amide bonds. The van der Waals surface area contributed by atoms with Gasteiger partial charge in [0.25, 0.3) is 0 Å². The predicted octanol–water partition coefficient (Wildman–Crippen LogP) is 2.58. The van der Waals surface area contributed by atoms with Crippen LogP contribution in [-0.4, -0.2) is 38.0 Å². The molecule has 0 atom stereocenters. The lowest BCUT2D eigenvalue weighted by molar-refractivity contribution is -0.123. The molecule has 0 saturated carbocycles. The van der Waals surface area contributed by atoms with Crippen molar-refractivity contribution < 1.29 is 19.1 Å². The van der Waals surface area contributed by atoms with Crippen molar-refractivity contribution >= 4 is 23.5 Å². The third-order valence-corrected chi connectivity index (χ3v) is 4.09. The fourth-order valence-electron chi connectivity index (χ4n) is 2.72. The second-order valence-corrected chi connectivity index (χ2v) is 6.05. The lowest BCUT2D eigenvalue weighted by atomic mass is 10.1. The molecule has 0 heterocycles. The van der Waals surface area contributed by atoms with E-state index in [-0.39, 0.29) is 23.9 Å². The molecule has 0 aliphatic heterocycles. The minimum Gasteiger partial charge on any atom is -0.465 e. The molecule has 0 fully saturated rings. The van der Waals surface area contributed by atoms with Crippen molar-refractivity contribution in [2.45, 2.75) is 19.8 Å². The van der Waals surface area contributed by atoms with E-state index in [9.17, 15) is 14.4 Å². The fraction of sp³-hybridized carbons (Fsp3) is 0.286. The molecular weight excluding hydrogens is 344 g/mol. The zero-order valence-electron chi connectivity index (χ0n) is 15.6. The van der Waals surface area contributed by atoms with Crippen LogP contribution in [0, 0.1) is 0 Å². The summed E-state index contributed by atoms with van der Waals surface area (Å²) < 4.78 is 4.76. The SMILES string of the molecule is COC(=O)c1ccccc1N(CC(=O)NCCCc1ccccc1)C(C)=O. The van der Waals surface area contributed by atoms with Crippen molar-refractivity contribution in [2.75, 3.05) is 25.1 Å². The van der Waals surface area contributed by atoms with E-state index in [1.54, 1.807) is 24.3 Å². The topological polar surface area (TPSA) is 75.7 Å². The second kappa shape index (κ2) is 10.1. The number of amides is 2. The van der Waals surface area contributed by atoms with Gasteiger partial charge in [-0.3, -0.25) is 9.59 Å². The van der Waals surface area contributed by atoms with Crippen molar-refractivity contribution in [3.63, 3.8) is 0 Å².